The van der Waals surface area contributed by atoms with Crippen molar-refractivity contribution in [3.05, 3.63) is 69.7 Å². The molecule has 1 fully saturated rings. The van der Waals surface area contributed by atoms with Crippen molar-refractivity contribution >= 4 is 17.4 Å². The van der Waals surface area contributed by atoms with Crippen LogP contribution in [0.15, 0.2) is 42.5 Å². The lowest BCUT2D eigenvalue weighted by molar-refractivity contribution is -0.0369. The largest absolute Gasteiger partial charge is 0.385 e. The first-order valence-corrected chi connectivity index (χ1v) is 12.7. The Kier molecular flexibility index (Phi) is 7.70. The average molecular weight is 454 g/mol. The molecule has 4 heteroatoms. The van der Waals surface area contributed by atoms with E-state index in [0.29, 0.717) is 30.3 Å². The standard InChI is InChI=1S/C28H36ClNO2/c1-2-26(30-18-16-28(32,17-19-30)24-10-12-25(29)13-11-24)14-15-27(31)23-9-8-21-6-4-3-5-7-22(21)20-23/h8-13,20,26,32H,2-7,14-19H2,1H3. The molecule has 0 radical (unpaired) electrons. The smallest absolute Gasteiger partial charge is 0.162 e. The number of likely N-dealkylation sites (tertiary alicyclic amines) is 1. The fourth-order valence-corrected chi connectivity index (χ4v) is 5.60. The lowest BCUT2D eigenvalue weighted by Gasteiger charge is -2.42. The van der Waals surface area contributed by atoms with Gasteiger partial charge >= 0.3 is 0 Å². The van der Waals surface area contributed by atoms with Crippen molar-refractivity contribution in [2.45, 2.75) is 82.8 Å². The molecule has 1 N–H and O–H groups in total. The van der Waals surface area contributed by atoms with Crippen LogP contribution in [0.1, 0.15) is 85.3 Å². The van der Waals surface area contributed by atoms with Gasteiger partial charge in [0.2, 0.25) is 0 Å². The number of halogens is 1. The molecule has 172 valence electrons. The lowest BCUT2D eigenvalue weighted by atomic mass is 9.83. The average Bonchev–Trinajstić information content (AvgIpc) is 3.05. The number of aliphatic hydroxyl groups is 1. The zero-order valence-electron chi connectivity index (χ0n) is 19.3. The molecule has 0 aromatic heterocycles. The number of benzene rings is 2. The number of Topliss-reactive ketones (excluding diaryl/α,β-unsaturated/α-hetero) is 1. The second kappa shape index (κ2) is 10.5. The van der Waals surface area contributed by atoms with Crippen LogP contribution in [0.5, 0.6) is 0 Å². The molecule has 4 rings (SSSR count). The molecule has 2 aromatic rings. The monoisotopic (exact) mass is 453 g/mol. The summed E-state index contributed by atoms with van der Waals surface area (Å²) in [6.45, 7) is 3.91. The Morgan fingerprint density at radius 3 is 2.41 bits per heavy atom. The summed E-state index contributed by atoms with van der Waals surface area (Å²) in [6.07, 6.45) is 9.98. The molecule has 0 amide bonds. The van der Waals surface area contributed by atoms with E-state index in [0.717, 1.165) is 49.9 Å². The predicted molar refractivity (Wildman–Crippen MR) is 132 cm³/mol. The van der Waals surface area contributed by atoms with Gasteiger partial charge in [-0.2, -0.15) is 0 Å². The minimum Gasteiger partial charge on any atom is -0.385 e. The number of hydrogen-bond acceptors (Lipinski definition) is 3. The maximum Gasteiger partial charge on any atom is 0.162 e. The fourth-order valence-electron chi connectivity index (χ4n) is 5.48. The summed E-state index contributed by atoms with van der Waals surface area (Å²) < 4.78 is 0. The molecule has 0 saturated carbocycles. The Morgan fingerprint density at radius 2 is 1.72 bits per heavy atom. The second-order valence-electron chi connectivity index (χ2n) is 9.64. The van der Waals surface area contributed by atoms with Gasteiger partial charge in [-0.15, -0.1) is 0 Å². The van der Waals surface area contributed by atoms with Crippen molar-refractivity contribution in [2.75, 3.05) is 13.1 Å². The van der Waals surface area contributed by atoms with Crippen molar-refractivity contribution in [1.82, 2.24) is 4.90 Å². The zero-order valence-corrected chi connectivity index (χ0v) is 20.0. The number of aryl methyl sites for hydroxylation is 2. The Labute approximate surface area is 197 Å². The molecule has 1 heterocycles. The maximum absolute atomic E-state index is 13.0. The molecule has 3 nitrogen and oxygen atoms in total. The molecular formula is C28H36ClNO2. The van der Waals surface area contributed by atoms with E-state index in [-0.39, 0.29) is 5.78 Å². The molecular weight excluding hydrogens is 418 g/mol. The topological polar surface area (TPSA) is 40.5 Å². The van der Waals surface area contributed by atoms with Crippen LogP contribution in [0.25, 0.3) is 0 Å². The first-order valence-electron chi connectivity index (χ1n) is 12.4. The number of nitrogens with zero attached hydrogens (tertiary/aromatic N) is 1. The fraction of sp³-hybridized carbons (Fsp3) is 0.536. The molecule has 2 aliphatic rings. The van der Waals surface area contributed by atoms with Gasteiger partial charge in [0.1, 0.15) is 0 Å². The van der Waals surface area contributed by atoms with E-state index in [4.69, 9.17) is 11.6 Å². The molecule has 1 saturated heterocycles. The van der Waals surface area contributed by atoms with Crippen LogP contribution in [0.3, 0.4) is 0 Å². The third kappa shape index (κ3) is 5.44. The van der Waals surface area contributed by atoms with Gasteiger partial charge in [0, 0.05) is 36.1 Å². The highest BCUT2D eigenvalue weighted by molar-refractivity contribution is 6.30. The number of carbonyl (C=O) groups is 1. The van der Waals surface area contributed by atoms with E-state index >= 15 is 0 Å². The number of hydrogen-bond donors (Lipinski definition) is 1. The van der Waals surface area contributed by atoms with Crippen LogP contribution in [-0.4, -0.2) is 34.9 Å². The van der Waals surface area contributed by atoms with Gasteiger partial charge < -0.3 is 10.0 Å². The van der Waals surface area contributed by atoms with Crippen LogP contribution >= 0.6 is 11.6 Å². The zero-order chi connectivity index (χ0) is 22.6. The number of rotatable bonds is 7. The molecule has 0 spiro atoms. The van der Waals surface area contributed by atoms with Gasteiger partial charge in [-0.1, -0.05) is 49.2 Å². The Bertz CT molecular complexity index is 916. The number of fused-ring (bicyclic) bond motifs is 1. The van der Waals surface area contributed by atoms with Crippen LogP contribution < -0.4 is 0 Å². The molecule has 2 aromatic carbocycles. The molecule has 0 bridgehead atoms. The second-order valence-corrected chi connectivity index (χ2v) is 10.1. The summed E-state index contributed by atoms with van der Waals surface area (Å²) >= 11 is 6.01. The van der Waals surface area contributed by atoms with Crippen molar-refractivity contribution < 1.29 is 9.90 Å². The molecule has 32 heavy (non-hydrogen) atoms. The van der Waals surface area contributed by atoms with Crippen LogP contribution in [-0.2, 0) is 18.4 Å². The number of ketones is 1. The van der Waals surface area contributed by atoms with Gasteiger partial charge in [-0.05, 0) is 86.3 Å². The number of piperidine rings is 1. The maximum atomic E-state index is 13.0. The molecule has 1 aliphatic carbocycles. The first kappa shape index (κ1) is 23.5. The highest BCUT2D eigenvalue weighted by atomic mass is 35.5. The Hall–Kier alpha value is -1.68. The summed E-state index contributed by atoms with van der Waals surface area (Å²) in [6, 6.07) is 14.4. The Morgan fingerprint density at radius 1 is 1.03 bits per heavy atom. The van der Waals surface area contributed by atoms with Crippen LogP contribution in [0, 0.1) is 0 Å². The minimum atomic E-state index is -0.781. The summed E-state index contributed by atoms with van der Waals surface area (Å²) in [5.74, 6) is 0.269. The van der Waals surface area contributed by atoms with Gasteiger partial charge in [-0.25, -0.2) is 0 Å². The summed E-state index contributed by atoms with van der Waals surface area (Å²) in [4.78, 5) is 15.4. The van der Waals surface area contributed by atoms with E-state index in [9.17, 15) is 9.90 Å². The summed E-state index contributed by atoms with van der Waals surface area (Å²) in [7, 11) is 0. The van der Waals surface area contributed by atoms with E-state index in [2.05, 4.69) is 24.0 Å². The first-order chi connectivity index (χ1) is 15.5. The van der Waals surface area contributed by atoms with Crippen LogP contribution in [0.4, 0.5) is 0 Å². The highest BCUT2D eigenvalue weighted by Gasteiger charge is 2.35. The van der Waals surface area contributed by atoms with Crippen molar-refractivity contribution in [1.29, 1.82) is 0 Å². The van der Waals surface area contributed by atoms with Gasteiger partial charge in [0.15, 0.2) is 5.78 Å². The quantitative estimate of drug-likeness (QED) is 0.393. The van der Waals surface area contributed by atoms with Crippen molar-refractivity contribution in [3.8, 4) is 0 Å². The normalized spacial score (nSPS) is 19.7. The van der Waals surface area contributed by atoms with E-state index < -0.39 is 5.60 Å². The highest BCUT2D eigenvalue weighted by Crippen LogP contribution is 2.35. The van der Waals surface area contributed by atoms with E-state index in [1.165, 1.54) is 30.4 Å². The van der Waals surface area contributed by atoms with Gasteiger partial charge in [-0.3, -0.25) is 4.79 Å². The van der Waals surface area contributed by atoms with E-state index in [1.807, 2.05) is 30.3 Å². The molecule has 1 aliphatic heterocycles. The van der Waals surface area contributed by atoms with Gasteiger partial charge in [0.05, 0.1) is 5.60 Å². The number of carbonyl (C=O) groups excluding carboxylic acids is 1. The minimum absolute atomic E-state index is 0.269. The van der Waals surface area contributed by atoms with Crippen molar-refractivity contribution in [3.63, 3.8) is 0 Å². The summed E-state index contributed by atoms with van der Waals surface area (Å²) in [5, 5.41) is 11.9. The van der Waals surface area contributed by atoms with Crippen LogP contribution in [0.2, 0.25) is 5.02 Å². The van der Waals surface area contributed by atoms with Gasteiger partial charge in [0.25, 0.3) is 0 Å². The lowest BCUT2D eigenvalue weighted by Crippen LogP contribution is -2.47. The molecule has 1 unspecified atom stereocenters. The third-order valence-corrected chi connectivity index (χ3v) is 7.87. The predicted octanol–water partition coefficient (Wildman–Crippen LogP) is 6.33. The SMILES string of the molecule is CCC(CCC(=O)c1ccc2c(c1)CCCCC2)N1CCC(O)(c2ccc(Cl)cc2)CC1. The summed E-state index contributed by atoms with van der Waals surface area (Å²) in [5.41, 5.74) is 3.88. The third-order valence-electron chi connectivity index (χ3n) is 7.62. The Balaban J connectivity index is 1.33. The van der Waals surface area contributed by atoms with E-state index in [1.54, 1.807) is 0 Å². The van der Waals surface area contributed by atoms with Crippen molar-refractivity contribution in [2.24, 2.45) is 0 Å². The molecule has 1 atom stereocenters.